The van der Waals surface area contributed by atoms with E-state index in [0.717, 1.165) is 42.6 Å². The number of hydrogen-bond donors (Lipinski definition) is 0. The third-order valence-corrected chi connectivity index (χ3v) is 4.30. The first-order valence-corrected chi connectivity index (χ1v) is 7.64. The van der Waals surface area contributed by atoms with Crippen molar-refractivity contribution >= 4 is 34.7 Å². The molecule has 0 amide bonds. The molecule has 1 fully saturated rings. The van der Waals surface area contributed by atoms with Crippen LogP contribution in [-0.4, -0.2) is 36.4 Å². The largest absolute Gasteiger partial charge is 0.368 e. The Kier molecular flexibility index (Phi) is 4.17. The molecule has 4 nitrogen and oxygen atoms in total. The minimum atomic E-state index is 0.469. The van der Waals surface area contributed by atoms with E-state index in [1.807, 2.05) is 31.2 Å². The van der Waals surface area contributed by atoms with Gasteiger partial charge in [-0.1, -0.05) is 29.3 Å². The number of nitrogens with zero attached hydrogens (tertiary/aromatic N) is 4. The molecule has 0 aliphatic carbocycles. The zero-order chi connectivity index (χ0) is 14.8. The van der Waals surface area contributed by atoms with E-state index in [-0.39, 0.29) is 0 Å². The van der Waals surface area contributed by atoms with Gasteiger partial charge in [0.15, 0.2) is 11.0 Å². The summed E-state index contributed by atoms with van der Waals surface area (Å²) >= 11 is 12.0. The Morgan fingerprint density at radius 1 is 0.952 bits per heavy atom. The topological polar surface area (TPSA) is 32.3 Å². The first kappa shape index (κ1) is 14.4. The Bertz CT molecular complexity index is 639. The average Bonchev–Trinajstić information content (AvgIpc) is 2.50. The fourth-order valence-electron chi connectivity index (χ4n) is 2.48. The summed E-state index contributed by atoms with van der Waals surface area (Å²) in [6.45, 7) is 5.63. The minimum absolute atomic E-state index is 0.469. The molecule has 1 aromatic carbocycles. The number of rotatable bonds is 2. The summed E-state index contributed by atoms with van der Waals surface area (Å²) in [5.41, 5.74) is 2.12. The van der Waals surface area contributed by atoms with Gasteiger partial charge in [-0.05, 0) is 36.8 Å². The first-order valence-electron chi connectivity index (χ1n) is 6.89. The van der Waals surface area contributed by atoms with Gasteiger partial charge >= 0.3 is 0 Å². The standard InChI is InChI=1S/C15H16Cl2N4/c1-11-9-14(18-19-15(11)17)21-7-5-20(6-8-21)13-4-2-3-12(16)10-13/h2-4,9-10H,5-8H2,1H3. The number of aromatic nitrogens is 2. The number of anilines is 2. The fourth-order valence-corrected chi connectivity index (χ4v) is 2.75. The molecule has 3 rings (SSSR count). The van der Waals surface area contributed by atoms with E-state index in [9.17, 15) is 0 Å². The highest BCUT2D eigenvalue weighted by molar-refractivity contribution is 6.30. The van der Waals surface area contributed by atoms with E-state index >= 15 is 0 Å². The van der Waals surface area contributed by atoms with Crippen LogP contribution in [0, 0.1) is 6.92 Å². The summed E-state index contributed by atoms with van der Waals surface area (Å²) in [7, 11) is 0. The van der Waals surface area contributed by atoms with Gasteiger partial charge in [0.05, 0.1) is 0 Å². The smallest absolute Gasteiger partial charge is 0.154 e. The zero-order valence-corrected chi connectivity index (χ0v) is 13.3. The first-order chi connectivity index (χ1) is 10.1. The van der Waals surface area contributed by atoms with Gasteiger partial charge in [0.25, 0.3) is 0 Å². The highest BCUT2D eigenvalue weighted by Crippen LogP contribution is 2.23. The lowest BCUT2D eigenvalue weighted by atomic mass is 10.2. The van der Waals surface area contributed by atoms with Gasteiger partial charge < -0.3 is 9.80 Å². The third kappa shape index (κ3) is 3.22. The van der Waals surface area contributed by atoms with E-state index in [0.29, 0.717) is 5.15 Å². The molecule has 0 saturated carbocycles. The summed E-state index contributed by atoms with van der Waals surface area (Å²) in [5, 5.41) is 9.41. The Balaban J connectivity index is 1.68. The molecular weight excluding hydrogens is 307 g/mol. The van der Waals surface area contributed by atoms with Crippen LogP contribution < -0.4 is 9.80 Å². The molecule has 0 N–H and O–H groups in total. The number of hydrogen-bond acceptors (Lipinski definition) is 4. The molecule has 6 heteroatoms. The van der Waals surface area contributed by atoms with Gasteiger partial charge in [-0.15, -0.1) is 10.2 Å². The number of aryl methyl sites for hydroxylation is 1. The maximum Gasteiger partial charge on any atom is 0.154 e. The van der Waals surface area contributed by atoms with Crippen LogP contribution in [0.4, 0.5) is 11.5 Å². The van der Waals surface area contributed by atoms with Crippen LogP contribution in [0.2, 0.25) is 10.2 Å². The van der Waals surface area contributed by atoms with Crippen molar-refractivity contribution in [3.05, 3.63) is 46.1 Å². The summed E-state index contributed by atoms with van der Waals surface area (Å²) in [6.07, 6.45) is 0. The van der Waals surface area contributed by atoms with Crippen molar-refractivity contribution in [2.45, 2.75) is 6.92 Å². The van der Waals surface area contributed by atoms with Gasteiger partial charge in [0, 0.05) is 36.9 Å². The van der Waals surface area contributed by atoms with Gasteiger partial charge in [-0.3, -0.25) is 0 Å². The number of halogens is 2. The lowest BCUT2D eigenvalue weighted by Crippen LogP contribution is -2.46. The van der Waals surface area contributed by atoms with Crippen molar-refractivity contribution in [2.24, 2.45) is 0 Å². The van der Waals surface area contributed by atoms with Crippen molar-refractivity contribution in [1.82, 2.24) is 10.2 Å². The lowest BCUT2D eigenvalue weighted by molar-refractivity contribution is 0.643. The Morgan fingerprint density at radius 3 is 2.33 bits per heavy atom. The van der Waals surface area contributed by atoms with Crippen molar-refractivity contribution in [3.8, 4) is 0 Å². The summed E-state index contributed by atoms with van der Waals surface area (Å²) < 4.78 is 0. The molecule has 1 saturated heterocycles. The van der Waals surface area contributed by atoms with Crippen LogP contribution in [0.3, 0.4) is 0 Å². The van der Waals surface area contributed by atoms with Crippen LogP contribution in [0.1, 0.15) is 5.56 Å². The second kappa shape index (κ2) is 6.08. The SMILES string of the molecule is Cc1cc(N2CCN(c3cccc(Cl)c3)CC2)nnc1Cl. The van der Waals surface area contributed by atoms with Gasteiger partial charge in [-0.2, -0.15) is 0 Å². The zero-order valence-electron chi connectivity index (χ0n) is 11.8. The predicted octanol–water partition coefficient (Wildman–Crippen LogP) is 3.42. The summed E-state index contributed by atoms with van der Waals surface area (Å²) in [5.74, 6) is 0.891. The maximum absolute atomic E-state index is 6.05. The highest BCUT2D eigenvalue weighted by atomic mass is 35.5. The van der Waals surface area contributed by atoms with E-state index < -0.39 is 0 Å². The third-order valence-electron chi connectivity index (χ3n) is 3.69. The van der Waals surface area contributed by atoms with Crippen molar-refractivity contribution in [1.29, 1.82) is 0 Å². The molecule has 0 spiro atoms. The normalized spacial score (nSPS) is 15.4. The van der Waals surface area contributed by atoms with Crippen LogP contribution in [-0.2, 0) is 0 Å². The van der Waals surface area contributed by atoms with E-state index in [1.165, 1.54) is 5.69 Å². The Morgan fingerprint density at radius 2 is 1.67 bits per heavy atom. The van der Waals surface area contributed by atoms with Crippen LogP contribution in [0.5, 0.6) is 0 Å². The van der Waals surface area contributed by atoms with Gasteiger partial charge in [-0.25, -0.2) is 0 Å². The van der Waals surface area contributed by atoms with Crippen molar-refractivity contribution < 1.29 is 0 Å². The molecule has 1 aliphatic heterocycles. The fraction of sp³-hybridized carbons (Fsp3) is 0.333. The number of benzene rings is 1. The average molecular weight is 323 g/mol. The van der Waals surface area contributed by atoms with Crippen LogP contribution >= 0.6 is 23.2 Å². The van der Waals surface area contributed by atoms with Crippen LogP contribution in [0.25, 0.3) is 0 Å². The number of piperazine rings is 1. The Labute approximate surface area is 134 Å². The molecule has 1 aromatic heterocycles. The molecule has 0 atom stereocenters. The molecular formula is C15H16Cl2N4. The molecule has 110 valence electrons. The minimum Gasteiger partial charge on any atom is -0.368 e. The second-order valence-corrected chi connectivity index (χ2v) is 5.92. The monoisotopic (exact) mass is 322 g/mol. The van der Waals surface area contributed by atoms with Crippen molar-refractivity contribution in [2.75, 3.05) is 36.0 Å². The van der Waals surface area contributed by atoms with Gasteiger partial charge in [0.2, 0.25) is 0 Å². The molecule has 21 heavy (non-hydrogen) atoms. The Hall–Kier alpha value is -1.52. The van der Waals surface area contributed by atoms with E-state index in [2.05, 4.69) is 26.1 Å². The summed E-state index contributed by atoms with van der Waals surface area (Å²) in [6, 6.07) is 9.97. The highest BCUT2D eigenvalue weighted by Gasteiger charge is 2.19. The molecule has 2 aromatic rings. The lowest BCUT2D eigenvalue weighted by Gasteiger charge is -2.36. The maximum atomic E-state index is 6.05. The molecule has 2 heterocycles. The van der Waals surface area contributed by atoms with E-state index in [4.69, 9.17) is 23.2 Å². The second-order valence-electron chi connectivity index (χ2n) is 5.13. The summed E-state index contributed by atoms with van der Waals surface area (Å²) in [4.78, 5) is 4.57. The molecule has 0 bridgehead atoms. The molecule has 0 unspecified atom stereocenters. The van der Waals surface area contributed by atoms with Crippen molar-refractivity contribution in [3.63, 3.8) is 0 Å². The van der Waals surface area contributed by atoms with Crippen LogP contribution in [0.15, 0.2) is 30.3 Å². The molecule has 1 aliphatic rings. The van der Waals surface area contributed by atoms with E-state index in [1.54, 1.807) is 0 Å². The molecule has 0 radical (unpaired) electrons. The van der Waals surface area contributed by atoms with Gasteiger partial charge in [0.1, 0.15) is 0 Å². The predicted molar refractivity (Wildman–Crippen MR) is 87.7 cm³/mol. The quantitative estimate of drug-likeness (QED) is 0.848.